The second-order valence-corrected chi connectivity index (χ2v) is 19.2. The number of ether oxygens (including phenoxy) is 2. The van der Waals surface area contributed by atoms with E-state index in [1.54, 1.807) is 4.52 Å². The van der Waals surface area contributed by atoms with E-state index in [4.69, 9.17) is 19.6 Å². The summed E-state index contributed by atoms with van der Waals surface area (Å²) in [5, 5.41) is 10.9. The monoisotopic (exact) mass is 815 g/mol. The van der Waals surface area contributed by atoms with Crippen LogP contribution in [0.5, 0.6) is 5.88 Å². The number of nitrogens with one attached hydrogen (secondary N) is 3. The van der Waals surface area contributed by atoms with Crippen molar-refractivity contribution in [3.05, 3.63) is 48.2 Å². The van der Waals surface area contributed by atoms with Crippen LogP contribution in [-0.2, 0) is 29.1 Å². The molecule has 15 nitrogen and oxygen atoms in total. The van der Waals surface area contributed by atoms with E-state index >= 15 is 0 Å². The second kappa shape index (κ2) is 15.8. The summed E-state index contributed by atoms with van der Waals surface area (Å²) < 4.78 is 42.3. The SMILES string of the molecule is O=C(N[C@H]1CCCCC/C=C\[C@H]2C[C@@]2(C(=O)NS(=O)(=O)C2CC2)NC(=O)[C@@H]2C[C@@H](Oc3cc(C4CCCC4)nc4c5ccccc5nn34)CN2C1=O)OC1CCCC1. The largest absolute Gasteiger partial charge is 0.472 e. The number of aromatic nitrogens is 3. The zero-order valence-electron chi connectivity index (χ0n) is 32.8. The van der Waals surface area contributed by atoms with Crippen LogP contribution in [0, 0.1) is 5.92 Å². The normalized spacial score (nSPS) is 29.3. The fourth-order valence-electron chi connectivity index (χ4n) is 9.49. The van der Waals surface area contributed by atoms with Gasteiger partial charge in [0.25, 0.3) is 5.91 Å². The van der Waals surface area contributed by atoms with E-state index in [0.717, 1.165) is 80.8 Å². The highest BCUT2D eigenvalue weighted by Gasteiger charge is 2.62. The van der Waals surface area contributed by atoms with Gasteiger partial charge in [-0.15, -0.1) is 0 Å². The Morgan fingerprint density at radius 2 is 1.67 bits per heavy atom. The van der Waals surface area contributed by atoms with Crippen LogP contribution in [0.1, 0.15) is 121 Å². The van der Waals surface area contributed by atoms with Crippen molar-refractivity contribution < 1.29 is 37.1 Å². The van der Waals surface area contributed by atoms with Gasteiger partial charge in [0.15, 0.2) is 5.65 Å². The number of nitrogens with zero attached hydrogens (tertiary/aromatic N) is 4. The lowest BCUT2D eigenvalue weighted by molar-refractivity contribution is -0.141. The fraction of sp³-hybridized carbons (Fsp3) is 0.619. The van der Waals surface area contributed by atoms with Crippen LogP contribution in [0.4, 0.5) is 4.79 Å². The molecule has 4 amide bonds. The summed E-state index contributed by atoms with van der Waals surface area (Å²) >= 11 is 0. The summed E-state index contributed by atoms with van der Waals surface area (Å²) in [6, 6.07) is 7.65. The van der Waals surface area contributed by atoms with E-state index in [9.17, 15) is 27.6 Å². The Kier molecular flexibility index (Phi) is 10.6. The first-order chi connectivity index (χ1) is 28.1. The van der Waals surface area contributed by atoms with Gasteiger partial charge >= 0.3 is 6.09 Å². The van der Waals surface area contributed by atoms with Gasteiger partial charge in [-0.3, -0.25) is 19.1 Å². The number of carbonyl (C=O) groups excluding carboxylic acids is 4. The first-order valence-corrected chi connectivity index (χ1v) is 22.9. The molecule has 2 aromatic heterocycles. The lowest BCUT2D eigenvalue weighted by Crippen LogP contribution is -2.58. The van der Waals surface area contributed by atoms with Gasteiger partial charge in [-0.1, -0.05) is 50.0 Å². The van der Waals surface area contributed by atoms with Crippen molar-refractivity contribution in [2.75, 3.05) is 6.54 Å². The van der Waals surface area contributed by atoms with Crippen LogP contribution in [0.15, 0.2) is 42.5 Å². The number of alkyl carbamates (subject to hydrolysis) is 1. The Hall–Kier alpha value is -4.73. The molecule has 4 heterocycles. The summed E-state index contributed by atoms with van der Waals surface area (Å²) in [4.78, 5) is 62.9. The smallest absolute Gasteiger partial charge is 0.408 e. The molecule has 2 aliphatic heterocycles. The van der Waals surface area contributed by atoms with Crippen molar-refractivity contribution >= 4 is 50.4 Å². The minimum Gasteiger partial charge on any atom is -0.472 e. The molecule has 0 bridgehead atoms. The highest BCUT2D eigenvalue weighted by atomic mass is 32.2. The third-order valence-electron chi connectivity index (χ3n) is 13.0. The number of benzene rings is 1. The lowest BCUT2D eigenvalue weighted by atomic mass is 10.0. The number of carbonyl (C=O) groups is 4. The van der Waals surface area contributed by atoms with Crippen LogP contribution in [0.3, 0.4) is 0 Å². The number of hydrogen-bond acceptors (Lipinski definition) is 10. The predicted octanol–water partition coefficient (Wildman–Crippen LogP) is 4.93. The van der Waals surface area contributed by atoms with Crippen molar-refractivity contribution in [3.63, 3.8) is 0 Å². The van der Waals surface area contributed by atoms with E-state index in [2.05, 4.69) is 15.4 Å². The fourth-order valence-corrected chi connectivity index (χ4v) is 10.9. The van der Waals surface area contributed by atoms with E-state index in [1.807, 2.05) is 42.5 Å². The van der Waals surface area contributed by atoms with Crippen molar-refractivity contribution in [1.29, 1.82) is 0 Å². The maximum atomic E-state index is 14.7. The molecule has 4 aliphatic carbocycles. The molecular formula is C42H53N7O8S. The molecule has 1 aromatic carbocycles. The number of fused-ring (bicyclic) bond motifs is 5. The number of rotatable bonds is 8. The minimum atomic E-state index is -3.89. The van der Waals surface area contributed by atoms with Gasteiger partial charge < -0.3 is 25.0 Å². The molecule has 0 radical (unpaired) electrons. The lowest BCUT2D eigenvalue weighted by Gasteiger charge is -2.30. The van der Waals surface area contributed by atoms with E-state index < -0.39 is 68.7 Å². The zero-order valence-corrected chi connectivity index (χ0v) is 33.6. The molecule has 58 heavy (non-hydrogen) atoms. The predicted molar refractivity (Wildman–Crippen MR) is 213 cm³/mol. The second-order valence-electron chi connectivity index (χ2n) is 17.3. The van der Waals surface area contributed by atoms with Crippen molar-refractivity contribution in [1.82, 2.24) is 34.9 Å². The number of allylic oxidation sites excluding steroid dienone is 1. The van der Waals surface area contributed by atoms with Crippen LogP contribution in [0.25, 0.3) is 16.6 Å². The Balaban J connectivity index is 1.04. The van der Waals surface area contributed by atoms with E-state index in [-0.39, 0.29) is 31.4 Å². The number of hydrogen-bond donors (Lipinski definition) is 3. The average molecular weight is 816 g/mol. The van der Waals surface area contributed by atoms with Gasteiger partial charge in [0.1, 0.15) is 29.8 Å². The maximum absolute atomic E-state index is 14.7. The summed E-state index contributed by atoms with van der Waals surface area (Å²) in [7, 11) is -3.89. The first kappa shape index (κ1) is 38.8. The summed E-state index contributed by atoms with van der Waals surface area (Å²) in [5.74, 6) is -1.49. The van der Waals surface area contributed by atoms with Gasteiger partial charge in [0.2, 0.25) is 27.7 Å². The molecule has 310 valence electrons. The minimum absolute atomic E-state index is 0.0225. The summed E-state index contributed by atoms with van der Waals surface area (Å²) in [6.45, 7) is 0.0225. The third kappa shape index (κ3) is 7.87. The van der Waals surface area contributed by atoms with E-state index in [0.29, 0.717) is 43.6 Å². The molecule has 5 fully saturated rings. The van der Waals surface area contributed by atoms with Gasteiger partial charge in [0.05, 0.1) is 23.0 Å². The molecule has 9 rings (SSSR count). The molecule has 0 unspecified atom stereocenters. The van der Waals surface area contributed by atoms with Crippen molar-refractivity contribution in [3.8, 4) is 5.88 Å². The van der Waals surface area contributed by atoms with Crippen molar-refractivity contribution in [2.45, 2.75) is 150 Å². The standard InChI is InChI=1S/C42H53N7O8S/c50-38-35-22-29(56-36-23-34(26-12-6-7-13-26)43-37-31-17-10-11-18-32(31)46-49(36)37)25-48(35)39(51)33(44-41(53)57-28-15-8-9-16-28)19-5-3-1-2-4-14-27-24-42(27,45-38)40(52)47-58(54,55)30-20-21-30/h4,10-11,14,17-18,23,26-30,33,35H,1-3,5-9,12-13,15-16,19-22,24-25H2,(H,44,53)(H,45,50)(H,47,52)/b14-4-/t27-,29+,33-,35-,42+/m0/s1. The van der Waals surface area contributed by atoms with Crippen molar-refractivity contribution in [2.24, 2.45) is 5.92 Å². The molecule has 0 spiro atoms. The topological polar surface area (TPSA) is 190 Å². The summed E-state index contributed by atoms with van der Waals surface area (Å²) in [5.41, 5.74) is 0.855. The highest BCUT2D eigenvalue weighted by Crippen LogP contribution is 2.46. The molecule has 4 saturated carbocycles. The van der Waals surface area contributed by atoms with Crippen LogP contribution in [0.2, 0.25) is 0 Å². The number of amides is 4. The molecule has 3 aromatic rings. The van der Waals surface area contributed by atoms with Gasteiger partial charge in [-0.25, -0.2) is 18.2 Å². The molecular weight excluding hydrogens is 763 g/mol. The third-order valence-corrected chi connectivity index (χ3v) is 14.9. The zero-order chi connectivity index (χ0) is 40.0. The Morgan fingerprint density at radius 1 is 0.914 bits per heavy atom. The molecule has 16 heteroatoms. The van der Waals surface area contributed by atoms with Crippen LogP contribution < -0.4 is 20.1 Å². The van der Waals surface area contributed by atoms with Gasteiger partial charge in [0, 0.05) is 29.7 Å². The summed E-state index contributed by atoms with van der Waals surface area (Å²) in [6.07, 6.45) is 14.7. The average Bonchev–Trinajstić information content (AvgIpc) is 3.81. The van der Waals surface area contributed by atoms with Crippen LogP contribution in [-0.4, -0.2) is 93.4 Å². The maximum Gasteiger partial charge on any atom is 0.408 e. The Morgan fingerprint density at radius 3 is 2.47 bits per heavy atom. The quantitative estimate of drug-likeness (QED) is 0.263. The van der Waals surface area contributed by atoms with E-state index in [1.165, 1.54) is 4.90 Å². The highest BCUT2D eigenvalue weighted by molar-refractivity contribution is 7.91. The molecule has 6 aliphatic rings. The van der Waals surface area contributed by atoms with Gasteiger partial charge in [-0.05, 0) is 89.2 Å². The Bertz CT molecular complexity index is 2230. The van der Waals surface area contributed by atoms with Crippen LogP contribution >= 0.6 is 0 Å². The number of sulfonamides is 1. The molecule has 1 saturated heterocycles. The Labute approximate surface area is 338 Å². The molecule has 3 N–H and O–H groups in total. The first-order valence-electron chi connectivity index (χ1n) is 21.4. The molecule has 5 atom stereocenters. The van der Waals surface area contributed by atoms with Gasteiger partial charge in [-0.2, -0.15) is 9.61 Å².